The molecule has 11 heteroatoms. The summed E-state index contributed by atoms with van der Waals surface area (Å²) in [5.41, 5.74) is -2.02. The predicted octanol–water partition coefficient (Wildman–Crippen LogP) is 4.88. The van der Waals surface area contributed by atoms with Crippen molar-refractivity contribution in [2.24, 2.45) is 7.05 Å². The molecule has 0 saturated carbocycles. The Hall–Kier alpha value is -2.00. The Balaban J connectivity index is 2.41. The summed E-state index contributed by atoms with van der Waals surface area (Å²) in [6, 6.07) is 1.85. The van der Waals surface area contributed by atoms with Crippen molar-refractivity contribution in [2.75, 3.05) is 6.61 Å². The van der Waals surface area contributed by atoms with E-state index in [9.17, 15) is 22.4 Å². The second-order valence-corrected chi connectivity index (χ2v) is 6.51. The van der Waals surface area contributed by atoms with Gasteiger partial charge >= 0.3 is 12.1 Å². The number of aryl methyl sites for hydroxylation is 1. The molecule has 0 saturated heterocycles. The number of hydrogen-bond acceptors (Lipinski definition) is 4. The van der Waals surface area contributed by atoms with Crippen molar-refractivity contribution >= 4 is 29.2 Å². The van der Waals surface area contributed by atoms with Crippen molar-refractivity contribution in [2.45, 2.75) is 26.1 Å². The molecule has 2 aromatic rings. The molecule has 5 nitrogen and oxygen atoms in total. The fourth-order valence-corrected chi connectivity index (χ4v) is 2.81. The Kier molecular flexibility index (Phi) is 6.26. The average molecular weight is 429 g/mol. The highest BCUT2D eigenvalue weighted by molar-refractivity contribution is 6.34. The third kappa shape index (κ3) is 4.84. The van der Waals surface area contributed by atoms with Gasteiger partial charge < -0.3 is 9.47 Å². The van der Waals surface area contributed by atoms with E-state index in [-0.39, 0.29) is 22.4 Å². The van der Waals surface area contributed by atoms with Crippen molar-refractivity contribution in [3.8, 4) is 17.0 Å². The number of alkyl halides is 3. The van der Waals surface area contributed by atoms with Gasteiger partial charge in [0.05, 0.1) is 16.1 Å². The molecule has 148 valence electrons. The molecule has 1 aromatic heterocycles. The topological polar surface area (TPSA) is 53.4 Å². The van der Waals surface area contributed by atoms with Gasteiger partial charge in [-0.2, -0.15) is 18.3 Å². The van der Waals surface area contributed by atoms with Crippen LogP contribution in [0.15, 0.2) is 12.1 Å². The number of halogens is 6. The van der Waals surface area contributed by atoms with Crippen LogP contribution in [0.3, 0.4) is 0 Å². The summed E-state index contributed by atoms with van der Waals surface area (Å²) < 4.78 is 64.0. The molecule has 0 amide bonds. The second-order valence-electron chi connectivity index (χ2n) is 5.72. The van der Waals surface area contributed by atoms with Crippen molar-refractivity contribution in [3.05, 3.63) is 33.7 Å². The fraction of sp³-hybridized carbons (Fsp3) is 0.375. The molecule has 0 aliphatic carbocycles. The van der Waals surface area contributed by atoms with E-state index in [0.29, 0.717) is 4.68 Å². The molecule has 0 atom stereocenters. The molecule has 0 unspecified atom stereocenters. The second kappa shape index (κ2) is 7.93. The quantitative estimate of drug-likeness (QED) is 0.502. The van der Waals surface area contributed by atoms with Gasteiger partial charge in [-0.25, -0.2) is 9.18 Å². The maximum atomic E-state index is 14.3. The van der Waals surface area contributed by atoms with E-state index in [1.165, 1.54) is 0 Å². The first kappa shape index (κ1) is 21.3. The van der Waals surface area contributed by atoms with E-state index >= 15 is 0 Å². The number of nitrogens with zero attached hydrogens (tertiary/aromatic N) is 2. The molecule has 0 fully saturated rings. The number of rotatable bonds is 5. The average Bonchev–Trinajstić information content (AvgIpc) is 2.80. The summed E-state index contributed by atoms with van der Waals surface area (Å²) >= 11 is 11.7. The highest BCUT2D eigenvalue weighted by atomic mass is 35.5. The summed E-state index contributed by atoms with van der Waals surface area (Å²) in [4.78, 5) is 11.5. The number of carbonyl (C=O) groups excluding carboxylic acids is 1. The summed E-state index contributed by atoms with van der Waals surface area (Å²) in [7, 11) is 1.03. The van der Waals surface area contributed by atoms with Crippen molar-refractivity contribution in [3.63, 3.8) is 0 Å². The third-order valence-corrected chi connectivity index (χ3v) is 3.90. The summed E-state index contributed by atoms with van der Waals surface area (Å²) in [6.45, 7) is 2.76. The molecule has 1 aromatic carbocycles. The van der Waals surface area contributed by atoms with Gasteiger partial charge in [-0.1, -0.05) is 23.2 Å². The molecule has 2 rings (SSSR count). The maximum Gasteiger partial charge on any atom is 0.434 e. The molecule has 27 heavy (non-hydrogen) atoms. The zero-order valence-electron chi connectivity index (χ0n) is 14.3. The van der Waals surface area contributed by atoms with Gasteiger partial charge in [-0.15, -0.1) is 0 Å². The van der Waals surface area contributed by atoms with Crippen LogP contribution in [0.1, 0.15) is 19.5 Å². The largest absolute Gasteiger partial charge is 0.480 e. The molecular formula is C16H14Cl2F4N2O3. The van der Waals surface area contributed by atoms with Crippen LogP contribution in [0.25, 0.3) is 11.3 Å². The Morgan fingerprint density at radius 3 is 2.44 bits per heavy atom. The monoisotopic (exact) mass is 428 g/mol. The number of hydrogen-bond donors (Lipinski definition) is 0. The fourth-order valence-electron chi connectivity index (χ4n) is 2.23. The first-order chi connectivity index (χ1) is 12.4. The number of aromatic nitrogens is 2. The molecule has 0 aliphatic rings. The minimum atomic E-state index is -4.78. The lowest BCUT2D eigenvalue weighted by Gasteiger charge is -2.12. The van der Waals surface area contributed by atoms with Gasteiger partial charge in [-0.3, -0.25) is 4.68 Å². The van der Waals surface area contributed by atoms with Crippen molar-refractivity contribution < 1.29 is 31.8 Å². The molecule has 1 heterocycles. The lowest BCUT2D eigenvalue weighted by atomic mass is 10.1. The van der Waals surface area contributed by atoms with Crippen LogP contribution >= 0.6 is 23.2 Å². The lowest BCUT2D eigenvalue weighted by molar-refractivity contribution is -0.149. The van der Waals surface area contributed by atoms with Gasteiger partial charge in [0.15, 0.2) is 12.3 Å². The summed E-state index contributed by atoms with van der Waals surface area (Å²) in [5.74, 6) is -1.78. The van der Waals surface area contributed by atoms with Gasteiger partial charge in [0.1, 0.15) is 17.3 Å². The first-order valence-corrected chi connectivity index (χ1v) is 8.28. The van der Waals surface area contributed by atoms with E-state index in [0.717, 1.165) is 19.2 Å². The zero-order chi connectivity index (χ0) is 20.5. The van der Waals surface area contributed by atoms with Crippen LogP contribution in [-0.2, 0) is 22.8 Å². The van der Waals surface area contributed by atoms with Crippen LogP contribution in [0.4, 0.5) is 17.6 Å². The van der Waals surface area contributed by atoms with Gasteiger partial charge in [0.2, 0.25) is 0 Å². The van der Waals surface area contributed by atoms with Crippen molar-refractivity contribution in [1.82, 2.24) is 9.78 Å². The molecule has 0 radical (unpaired) electrons. The van der Waals surface area contributed by atoms with Crippen LogP contribution in [0.2, 0.25) is 10.0 Å². The lowest BCUT2D eigenvalue weighted by Crippen LogP contribution is -2.18. The Bertz CT molecular complexity index is 866. The Morgan fingerprint density at radius 2 is 1.93 bits per heavy atom. The summed E-state index contributed by atoms with van der Waals surface area (Å²) in [6.07, 6.45) is -5.15. The SMILES string of the molecule is CC(C)OC(=O)COc1cc(-c2nn(C)c(C(F)(F)F)c2Cl)c(F)cc1Cl. The minimum Gasteiger partial charge on any atom is -0.480 e. The van der Waals surface area contributed by atoms with E-state index in [2.05, 4.69) is 5.10 Å². The highest BCUT2D eigenvalue weighted by Crippen LogP contribution is 2.41. The molecular weight excluding hydrogens is 415 g/mol. The highest BCUT2D eigenvalue weighted by Gasteiger charge is 2.39. The Labute approximate surface area is 161 Å². The van der Waals surface area contributed by atoms with E-state index in [1.54, 1.807) is 13.8 Å². The molecule has 0 bridgehead atoms. The van der Waals surface area contributed by atoms with Crippen LogP contribution in [0.5, 0.6) is 5.75 Å². The molecule has 0 N–H and O–H groups in total. The van der Waals surface area contributed by atoms with Gasteiger partial charge in [0, 0.05) is 12.6 Å². The van der Waals surface area contributed by atoms with E-state index < -0.39 is 41.0 Å². The Morgan fingerprint density at radius 1 is 1.30 bits per heavy atom. The number of carbonyl (C=O) groups is 1. The summed E-state index contributed by atoms with van der Waals surface area (Å²) in [5, 5.41) is 2.70. The molecule has 0 spiro atoms. The maximum absolute atomic E-state index is 14.3. The minimum absolute atomic E-state index is 0.135. The zero-order valence-corrected chi connectivity index (χ0v) is 15.8. The van der Waals surface area contributed by atoms with Crippen LogP contribution < -0.4 is 4.74 Å². The first-order valence-electron chi connectivity index (χ1n) is 7.53. The van der Waals surface area contributed by atoms with Crippen molar-refractivity contribution in [1.29, 1.82) is 0 Å². The van der Waals surface area contributed by atoms with E-state index in [1.807, 2.05) is 0 Å². The van der Waals surface area contributed by atoms with Crippen LogP contribution in [0, 0.1) is 5.82 Å². The normalized spacial score (nSPS) is 11.8. The number of ether oxygens (including phenoxy) is 2. The van der Waals surface area contributed by atoms with Gasteiger partial charge in [-0.05, 0) is 26.0 Å². The number of esters is 1. The standard InChI is InChI=1S/C16H14Cl2F4N2O3/c1-7(2)27-12(25)6-26-11-4-8(10(19)5-9(11)17)14-13(18)15(16(20,21)22)24(3)23-14/h4-5,7H,6H2,1-3H3. The smallest absolute Gasteiger partial charge is 0.434 e. The molecule has 0 aliphatic heterocycles. The predicted molar refractivity (Wildman–Crippen MR) is 90.3 cm³/mol. The number of benzene rings is 1. The third-order valence-electron chi connectivity index (χ3n) is 3.25. The van der Waals surface area contributed by atoms with Gasteiger partial charge in [0.25, 0.3) is 0 Å². The van der Waals surface area contributed by atoms with E-state index in [4.69, 9.17) is 32.7 Å². The van der Waals surface area contributed by atoms with Crippen LogP contribution in [-0.4, -0.2) is 28.5 Å².